The zero-order valence-corrected chi connectivity index (χ0v) is 7.74. The van der Waals surface area contributed by atoms with Crippen molar-refractivity contribution in [1.82, 2.24) is 5.32 Å². The molecule has 0 amide bonds. The highest BCUT2D eigenvalue weighted by Gasteiger charge is 2.22. The number of rotatable bonds is 0. The van der Waals surface area contributed by atoms with Crippen molar-refractivity contribution in [2.24, 2.45) is 5.92 Å². The van der Waals surface area contributed by atoms with Crippen molar-refractivity contribution in [3.8, 4) is 0 Å². The molecule has 2 aliphatic rings. The molecule has 0 aromatic rings. The number of thioether (sulfide) groups is 1. The van der Waals surface area contributed by atoms with E-state index in [2.05, 4.69) is 31.3 Å². The lowest BCUT2D eigenvalue weighted by Crippen LogP contribution is -2.17. The summed E-state index contributed by atoms with van der Waals surface area (Å²) in [5.74, 6) is 0.715. The van der Waals surface area contributed by atoms with Crippen LogP contribution in [0.1, 0.15) is 20.3 Å². The van der Waals surface area contributed by atoms with Crippen LogP contribution in [0.25, 0.3) is 0 Å². The summed E-state index contributed by atoms with van der Waals surface area (Å²) in [6, 6.07) is 0. The second-order valence-electron chi connectivity index (χ2n) is 3.29. The average Bonchev–Trinajstić information content (AvgIpc) is 2.27. The summed E-state index contributed by atoms with van der Waals surface area (Å²) in [6.45, 7) is 4.47. The molecule has 2 heteroatoms. The van der Waals surface area contributed by atoms with Gasteiger partial charge in [0.1, 0.15) is 0 Å². The smallest absolute Gasteiger partial charge is 0.0738 e. The molecule has 1 heterocycles. The molecule has 0 fully saturated rings. The maximum Gasteiger partial charge on any atom is 0.0738 e. The summed E-state index contributed by atoms with van der Waals surface area (Å²) in [5.41, 5.74) is 1.46. The minimum absolute atomic E-state index is 0.579. The molecule has 2 unspecified atom stereocenters. The third-order valence-corrected chi connectivity index (χ3v) is 3.19. The van der Waals surface area contributed by atoms with Crippen LogP contribution in [0, 0.1) is 5.92 Å². The molecule has 1 aliphatic carbocycles. The van der Waals surface area contributed by atoms with Crippen molar-refractivity contribution in [2.45, 2.75) is 25.6 Å². The Morgan fingerprint density at radius 2 is 2.36 bits per heavy atom. The first-order valence-corrected chi connectivity index (χ1v) is 4.98. The van der Waals surface area contributed by atoms with Crippen LogP contribution in [0.3, 0.4) is 0 Å². The van der Waals surface area contributed by atoms with Crippen LogP contribution in [0.2, 0.25) is 0 Å². The van der Waals surface area contributed by atoms with Crippen molar-refractivity contribution in [2.75, 3.05) is 0 Å². The Morgan fingerprint density at radius 1 is 1.55 bits per heavy atom. The van der Waals surface area contributed by atoms with E-state index in [-0.39, 0.29) is 0 Å². The minimum Gasteiger partial charge on any atom is -0.376 e. The molecule has 11 heavy (non-hydrogen) atoms. The van der Waals surface area contributed by atoms with Crippen molar-refractivity contribution in [1.29, 1.82) is 0 Å². The highest BCUT2D eigenvalue weighted by atomic mass is 32.2. The number of hydrogen-bond acceptors (Lipinski definition) is 2. The van der Waals surface area contributed by atoms with E-state index in [0.29, 0.717) is 11.3 Å². The van der Waals surface area contributed by atoms with E-state index < -0.39 is 0 Å². The van der Waals surface area contributed by atoms with Crippen molar-refractivity contribution in [3.05, 3.63) is 22.8 Å². The molecule has 1 aliphatic heterocycles. The SMILES string of the molecule is CC1C=CC2=C(C1)NC(C)S2. The lowest BCUT2D eigenvalue weighted by Gasteiger charge is -2.13. The molecule has 60 valence electrons. The number of nitrogens with one attached hydrogen (secondary N) is 1. The Labute approximate surface area is 71.9 Å². The summed E-state index contributed by atoms with van der Waals surface area (Å²) in [4.78, 5) is 1.45. The Balaban J connectivity index is 2.18. The van der Waals surface area contributed by atoms with E-state index in [0.717, 1.165) is 0 Å². The first-order chi connectivity index (χ1) is 5.25. The molecule has 0 radical (unpaired) electrons. The molecule has 0 aromatic carbocycles. The van der Waals surface area contributed by atoms with Gasteiger partial charge in [0.05, 0.1) is 5.37 Å². The Bertz CT molecular complexity index is 230. The second-order valence-corrected chi connectivity index (χ2v) is 4.67. The molecule has 0 saturated heterocycles. The predicted molar refractivity (Wildman–Crippen MR) is 50.1 cm³/mol. The van der Waals surface area contributed by atoms with Crippen LogP contribution in [-0.4, -0.2) is 5.37 Å². The number of hydrogen-bond donors (Lipinski definition) is 1. The van der Waals surface area contributed by atoms with Crippen molar-refractivity contribution in [3.63, 3.8) is 0 Å². The van der Waals surface area contributed by atoms with E-state index in [4.69, 9.17) is 0 Å². The van der Waals surface area contributed by atoms with Gasteiger partial charge in [0.15, 0.2) is 0 Å². The van der Waals surface area contributed by atoms with Gasteiger partial charge in [0, 0.05) is 10.6 Å². The topological polar surface area (TPSA) is 12.0 Å². The molecular formula is C9H13NS. The predicted octanol–water partition coefficient (Wildman–Crippen LogP) is 2.48. The van der Waals surface area contributed by atoms with Crippen LogP contribution in [0.4, 0.5) is 0 Å². The van der Waals surface area contributed by atoms with Crippen LogP contribution in [0.5, 0.6) is 0 Å². The maximum atomic E-state index is 3.48. The maximum absolute atomic E-state index is 3.48. The van der Waals surface area contributed by atoms with E-state index in [1.165, 1.54) is 17.0 Å². The minimum atomic E-state index is 0.579. The molecule has 0 aromatic heterocycles. The van der Waals surface area contributed by atoms with Gasteiger partial charge in [0.25, 0.3) is 0 Å². The molecule has 1 nitrogen and oxygen atoms in total. The largest absolute Gasteiger partial charge is 0.376 e. The third-order valence-electron chi connectivity index (χ3n) is 2.08. The highest BCUT2D eigenvalue weighted by molar-refractivity contribution is 8.04. The van der Waals surface area contributed by atoms with Gasteiger partial charge in [-0.3, -0.25) is 0 Å². The summed E-state index contributed by atoms with van der Waals surface area (Å²) < 4.78 is 0. The van der Waals surface area contributed by atoms with E-state index in [9.17, 15) is 0 Å². The molecular weight excluding hydrogens is 154 g/mol. The van der Waals surface area contributed by atoms with Gasteiger partial charge in [0.2, 0.25) is 0 Å². The average molecular weight is 167 g/mol. The molecule has 0 saturated carbocycles. The Morgan fingerprint density at radius 3 is 3.18 bits per heavy atom. The lowest BCUT2D eigenvalue weighted by atomic mass is 10.0. The van der Waals surface area contributed by atoms with Gasteiger partial charge >= 0.3 is 0 Å². The van der Waals surface area contributed by atoms with Gasteiger partial charge < -0.3 is 5.32 Å². The van der Waals surface area contributed by atoms with Gasteiger partial charge in [-0.1, -0.05) is 30.8 Å². The summed E-state index contributed by atoms with van der Waals surface area (Å²) in [6.07, 6.45) is 5.75. The van der Waals surface area contributed by atoms with Crippen molar-refractivity contribution < 1.29 is 0 Å². The molecule has 2 atom stereocenters. The first-order valence-electron chi connectivity index (χ1n) is 4.10. The Hall–Kier alpha value is -0.370. The molecule has 2 rings (SSSR count). The fourth-order valence-electron chi connectivity index (χ4n) is 1.55. The second kappa shape index (κ2) is 2.59. The van der Waals surface area contributed by atoms with Gasteiger partial charge in [-0.25, -0.2) is 0 Å². The zero-order chi connectivity index (χ0) is 7.84. The van der Waals surface area contributed by atoms with E-state index in [1.54, 1.807) is 0 Å². The van der Waals surface area contributed by atoms with Gasteiger partial charge in [-0.2, -0.15) is 0 Å². The molecule has 0 spiro atoms. The van der Waals surface area contributed by atoms with E-state index >= 15 is 0 Å². The van der Waals surface area contributed by atoms with Crippen molar-refractivity contribution >= 4 is 11.8 Å². The van der Waals surface area contributed by atoms with Crippen LogP contribution < -0.4 is 5.32 Å². The quantitative estimate of drug-likeness (QED) is 0.595. The highest BCUT2D eigenvalue weighted by Crippen LogP contribution is 2.36. The Kier molecular flexibility index (Phi) is 1.72. The monoisotopic (exact) mass is 167 g/mol. The van der Waals surface area contributed by atoms with Crippen LogP contribution in [0.15, 0.2) is 22.8 Å². The van der Waals surface area contributed by atoms with E-state index in [1.807, 2.05) is 11.8 Å². The fourth-order valence-corrected chi connectivity index (χ4v) is 2.57. The third kappa shape index (κ3) is 1.32. The van der Waals surface area contributed by atoms with Gasteiger partial charge in [-0.15, -0.1) is 0 Å². The summed E-state index contributed by atoms with van der Waals surface area (Å²) in [5, 5.41) is 4.06. The van der Waals surface area contributed by atoms with Crippen LogP contribution >= 0.6 is 11.8 Å². The van der Waals surface area contributed by atoms with Crippen LogP contribution in [-0.2, 0) is 0 Å². The lowest BCUT2D eigenvalue weighted by molar-refractivity contribution is 0.649. The molecule has 0 bridgehead atoms. The van der Waals surface area contributed by atoms with Gasteiger partial charge in [-0.05, 0) is 19.3 Å². The summed E-state index contributed by atoms with van der Waals surface area (Å²) in [7, 11) is 0. The zero-order valence-electron chi connectivity index (χ0n) is 6.92. The standard InChI is InChI=1S/C9H13NS/c1-6-3-4-9-8(5-6)10-7(2)11-9/h3-4,6-7,10H,5H2,1-2H3. The normalized spacial score (nSPS) is 35.5. The number of allylic oxidation sites excluding steroid dienone is 3. The fraction of sp³-hybridized carbons (Fsp3) is 0.556. The molecule has 1 N–H and O–H groups in total. The first kappa shape index (κ1) is 7.29. The summed E-state index contributed by atoms with van der Waals surface area (Å²) >= 11 is 1.93.